The standard InChI is InChI=1S/C40H36N2O5/c1-3-22-9-14-25(15-10-22)41-37(44)30-20-19-28-31(34(30)39(41)46)21-32-35(33(28)29-18-13-24-7-5-6-8-27(24)36(29)43)40(47)42(38(32)45)26-16-11-23(4-2)12-17-26/h5-19,30-35,43H,3-4,20-21H2,1-2H3. The number of amides is 4. The summed E-state index contributed by atoms with van der Waals surface area (Å²) < 4.78 is 0. The molecule has 4 aromatic rings. The number of carbonyl (C=O) groups excluding carboxylic acids is 4. The van der Waals surface area contributed by atoms with E-state index >= 15 is 0 Å². The maximum absolute atomic E-state index is 14.4. The second-order valence-corrected chi connectivity index (χ2v) is 13.3. The lowest BCUT2D eigenvalue weighted by Gasteiger charge is -2.44. The second-order valence-electron chi connectivity index (χ2n) is 13.3. The Morgan fingerprint density at radius 3 is 1.83 bits per heavy atom. The third-order valence-corrected chi connectivity index (χ3v) is 11.1. The van der Waals surface area contributed by atoms with Gasteiger partial charge in [-0.05, 0) is 72.4 Å². The molecule has 0 bridgehead atoms. The van der Waals surface area contributed by atoms with E-state index in [0.29, 0.717) is 28.7 Å². The van der Waals surface area contributed by atoms with Crippen molar-refractivity contribution < 1.29 is 24.3 Å². The maximum atomic E-state index is 14.4. The maximum Gasteiger partial charge on any atom is 0.238 e. The highest BCUT2D eigenvalue weighted by Gasteiger charge is 2.62. The van der Waals surface area contributed by atoms with E-state index < -0.39 is 35.5 Å². The van der Waals surface area contributed by atoms with Crippen molar-refractivity contribution in [1.82, 2.24) is 0 Å². The lowest BCUT2D eigenvalue weighted by Crippen LogP contribution is -2.43. The molecule has 1 saturated carbocycles. The molecule has 47 heavy (non-hydrogen) atoms. The van der Waals surface area contributed by atoms with Crippen molar-refractivity contribution in [2.24, 2.45) is 29.6 Å². The number of aromatic hydroxyl groups is 1. The van der Waals surface area contributed by atoms with Crippen LogP contribution in [0.25, 0.3) is 10.8 Å². The average molecular weight is 625 g/mol. The van der Waals surface area contributed by atoms with Crippen LogP contribution in [0.1, 0.15) is 49.3 Å². The Hall–Kier alpha value is -5.04. The second kappa shape index (κ2) is 11.0. The van der Waals surface area contributed by atoms with E-state index in [9.17, 15) is 24.3 Å². The Morgan fingerprint density at radius 2 is 1.21 bits per heavy atom. The number of benzene rings is 4. The van der Waals surface area contributed by atoms with Crippen LogP contribution in [-0.2, 0) is 32.0 Å². The minimum atomic E-state index is -0.746. The number of rotatable bonds is 5. The molecule has 3 fully saturated rings. The van der Waals surface area contributed by atoms with Gasteiger partial charge in [0, 0.05) is 16.9 Å². The summed E-state index contributed by atoms with van der Waals surface area (Å²) in [6.45, 7) is 4.11. The van der Waals surface area contributed by atoms with Crippen LogP contribution in [0.2, 0.25) is 0 Å². The van der Waals surface area contributed by atoms with Gasteiger partial charge in [0.05, 0.1) is 35.0 Å². The number of nitrogens with zero attached hydrogens (tertiary/aromatic N) is 2. The summed E-state index contributed by atoms with van der Waals surface area (Å²) in [5.74, 6) is -4.70. The summed E-state index contributed by atoms with van der Waals surface area (Å²) in [6, 6.07) is 26.4. The van der Waals surface area contributed by atoms with Crippen LogP contribution in [0, 0.1) is 29.6 Å². The van der Waals surface area contributed by atoms with E-state index in [1.807, 2.05) is 91.0 Å². The van der Waals surface area contributed by atoms with Crippen molar-refractivity contribution in [3.8, 4) is 5.75 Å². The van der Waals surface area contributed by atoms with Gasteiger partial charge in [-0.1, -0.05) is 86.2 Å². The van der Waals surface area contributed by atoms with Crippen LogP contribution in [0.15, 0.2) is 96.6 Å². The number of allylic oxidation sites excluding steroid dienone is 2. The Balaban J connectivity index is 1.25. The molecule has 4 aromatic carbocycles. The molecule has 4 aliphatic rings. The van der Waals surface area contributed by atoms with Crippen LogP contribution in [0.3, 0.4) is 0 Å². The summed E-state index contributed by atoms with van der Waals surface area (Å²) in [4.78, 5) is 59.5. The zero-order valence-corrected chi connectivity index (χ0v) is 26.4. The van der Waals surface area contributed by atoms with E-state index in [-0.39, 0.29) is 35.8 Å². The highest BCUT2D eigenvalue weighted by Crippen LogP contribution is 2.59. The minimum Gasteiger partial charge on any atom is -0.507 e. The smallest absolute Gasteiger partial charge is 0.238 e. The van der Waals surface area contributed by atoms with Gasteiger partial charge < -0.3 is 5.11 Å². The molecular formula is C40H36N2O5. The van der Waals surface area contributed by atoms with Gasteiger partial charge in [-0.25, -0.2) is 0 Å². The Labute approximate surface area is 273 Å². The zero-order chi connectivity index (χ0) is 32.6. The number of hydrogen-bond donors (Lipinski definition) is 1. The molecule has 4 amide bonds. The first-order chi connectivity index (χ1) is 22.8. The van der Waals surface area contributed by atoms with Gasteiger partial charge in [-0.3, -0.25) is 29.0 Å². The minimum absolute atomic E-state index is 0.0768. The molecule has 2 aliphatic carbocycles. The van der Waals surface area contributed by atoms with Crippen LogP contribution in [-0.4, -0.2) is 28.7 Å². The summed E-state index contributed by atoms with van der Waals surface area (Å²) in [5.41, 5.74) is 4.73. The van der Waals surface area contributed by atoms with Crippen molar-refractivity contribution in [2.45, 2.75) is 45.4 Å². The van der Waals surface area contributed by atoms with Gasteiger partial charge >= 0.3 is 0 Å². The highest BCUT2D eigenvalue weighted by atomic mass is 16.3. The fourth-order valence-electron chi connectivity index (χ4n) is 8.73. The van der Waals surface area contributed by atoms with Crippen LogP contribution in [0.4, 0.5) is 11.4 Å². The quantitative estimate of drug-likeness (QED) is 0.197. The average Bonchev–Trinajstić information content (AvgIpc) is 3.51. The van der Waals surface area contributed by atoms with E-state index in [0.717, 1.165) is 34.9 Å². The van der Waals surface area contributed by atoms with E-state index in [4.69, 9.17) is 0 Å². The van der Waals surface area contributed by atoms with Crippen molar-refractivity contribution in [1.29, 1.82) is 0 Å². The van der Waals surface area contributed by atoms with Gasteiger partial charge in [0.25, 0.3) is 0 Å². The number of phenolic OH excluding ortho intramolecular Hbond substituents is 1. The van der Waals surface area contributed by atoms with Crippen molar-refractivity contribution in [3.05, 3.63) is 113 Å². The first-order valence-corrected chi connectivity index (χ1v) is 16.7. The third-order valence-electron chi connectivity index (χ3n) is 11.1. The molecule has 8 rings (SSSR count). The fraction of sp³-hybridized carbons (Fsp3) is 0.300. The molecule has 2 heterocycles. The van der Waals surface area contributed by atoms with Gasteiger partial charge in [-0.2, -0.15) is 0 Å². The Kier molecular flexibility index (Phi) is 6.90. The molecule has 6 atom stereocenters. The summed E-state index contributed by atoms with van der Waals surface area (Å²) in [6.07, 6.45) is 4.35. The first kappa shape index (κ1) is 29.4. The van der Waals surface area contributed by atoms with Crippen molar-refractivity contribution in [3.63, 3.8) is 0 Å². The van der Waals surface area contributed by atoms with Crippen molar-refractivity contribution >= 4 is 45.8 Å². The van der Waals surface area contributed by atoms with Crippen LogP contribution < -0.4 is 9.80 Å². The van der Waals surface area contributed by atoms with Gasteiger partial charge in [0.2, 0.25) is 23.6 Å². The molecule has 2 aliphatic heterocycles. The Bertz CT molecular complexity index is 2000. The van der Waals surface area contributed by atoms with Gasteiger partial charge in [-0.15, -0.1) is 0 Å². The number of phenols is 1. The number of fused-ring (bicyclic) bond motifs is 5. The summed E-state index contributed by atoms with van der Waals surface area (Å²) in [7, 11) is 0. The lowest BCUT2D eigenvalue weighted by atomic mass is 9.57. The molecule has 2 saturated heterocycles. The molecule has 6 unspecified atom stereocenters. The zero-order valence-electron chi connectivity index (χ0n) is 26.4. The number of hydrogen-bond acceptors (Lipinski definition) is 5. The fourth-order valence-corrected chi connectivity index (χ4v) is 8.73. The Morgan fingerprint density at radius 1 is 0.638 bits per heavy atom. The molecular weight excluding hydrogens is 588 g/mol. The van der Waals surface area contributed by atoms with Crippen LogP contribution >= 0.6 is 0 Å². The molecule has 0 spiro atoms. The van der Waals surface area contributed by atoms with Gasteiger partial charge in [0.15, 0.2) is 0 Å². The number of aryl methyl sites for hydroxylation is 2. The molecule has 7 heteroatoms. The largest absolute Gasteiger partial charge is 0.507 e. The summed E-state index contributed by atoms with van der Waals surface area (Å²) in [5, 5.41) is 13.3. The third kappa shape index (κ3) is 4.32. The number of carbonyl (C=O) groups is 4. The molecule has 7 nitrogen and oxygen atoms in total. The summed E-state index contributed by atoms with van der Waals surface area (Å²) >= 11 is 0. The number of anilines is 2. The van der Waals surface area contributed by atoms with Crippen LogP contribution in [0.5, 0.6) is 5.75 Å². The predicted molar refractivity (Wildman–Crippen MR) is 180 cm³/mol. The number of imide groups is 2. The lowest BCUT2D eigenvalue weighted by molar-refractivity contribution is -0.126. The van der Waals surface area contributed by atoms with Gasteiger partial charge in [0.1, 0.15) is 5.75 Å². The predicted octanol–water partition coefficient (Wildman–Crippen LogP) is 6.72. The monoisotopic (exact) mass is 624 g/mol. The topological polar surface area (TPSA) is 95.0 Å². The van der Waals surface area contributed by atoms with E-state index in [1.54, 1.807) is 0 Å². The molecule has 1 N–H and O–H groups in total. The first-order valence-electron chi connectivity index (χ1n) is 16.7. The van der Waals surface area contributed by atoms with Crippen molar-refractivity contribution in [2.75, 3.05) is 9.80 Å². The van der Waals surface area contributed by atoms with E-state index in [1.165, 1.54) is 9.80 Å². The normalized spacial score (nSPS) is 26.8. The SMILES string of the molecule is CCc1ccc(N2C(=O)C3CC=C4C(CC5C(=O)N(c6ccc(CC)cc6)C(=O)C5C4c4ccc5ccccc5c4O)C3C2=O)cc1. The molecule has 236 valence electrons. The molecule has 0 radical (unpaired) electrons. The molecule has 0 aromatic heterocycles. The van der Waals surface area contributed by atoms with E-state index in [2.05, 4.69) is 13.8 Å². The highest BCUT2D eigenvalue weighted by molar-refractivity contribution is 6.24.